The number of aromatic nitrogens is 2. The van der Waals surface area contributed by atoms with Crippen LogP contribution in [-0.4, -0.2) is 17.0 Å². The van der Waals surface area contributed by atoms with Gasteiger partial charge in [-0.05, 0) is 18.2 Å². The van der Waals surface area contributed by atoms with Crippen LogP contribution in [0.4, 0.5) is 5.69 Å². The molecule has 0 aliphatic rings. The van der Waals surface area contributed by atoms with Crippen molar-refractivity contribution in [1.29, 1.82) is 0 Å². The van der Waals surface area contributed by atoms with Gasteiger partial charge in [0.2, 0.25) is 0 Å². The zero-order valence-corrected chi connectivity index (χ0v) is 10.4. The molecule has 0 bridgehead atoms. The van der Waals surface area contributed by atoms with Gasteiger partial charge in [-0.1, -0.05) is 6.07 Å². The first kappa shape index (κ1) is 11.9. The van der Waals surface area contributed by atoms with Gasteiger partial charge in [0.25, 0.3) is 0 Å². The van der Waals surface area contributed by atoms with Crippen molar-refractivity contribution < 1.29 is 0 Å². The molecule has 0 aliphatic carbocycles. The fourth-order valence-corrected chi connectivity index (χ4v) is 1.92. The van der Waals surface area contributed by atoms with E-state index < -0.39 is 0 Å². The molecular formula is C13H14ClN3. The molecule has 0 amide bonds. The standard InChI is InChI=1S/C13H14ClN3/c1-17(10-12-4-2-3-6-16-12)13-5-7-15-9-11(13)8-14/h2-7,9H,8,10H2,1H3. The largest absolute Gasteiger partial charge is 0.368 e. The van der Waals surface area contributed by atoms with Crippen LogP contribution in [0.15, 0.2) is 42.9 Å². The van der Waals surface area contributed by atoms with Crippen molar-refractivity contribution in [1.82, 2.24) is 9.97 Å². The quantitative estimate of drug-likeness (QED) is 0.778. The predicted molar refractivity (Wildman–Crippen MR) is 70.1 cm³/mol. The number of hydrogen-bond acceptors (Lipinski definition) is 3. The summed E-state index contributed by atoms with van der Waals surface area (Å²) >= 11 is 5.90. The summed E-state index contributed by atoms with van der Waals surface area (Å²) in [5.74, 6) is 0.468. The van der Waals surface area contributed by atoms with Crippen molar-refractivity contribution in [2.24, 2.45) is 0 Å². The Labute approximate surface area is 106 Å². The third-order valence-corrected chi connectivity index (χ3v) is 2.85. The zero-order valence-electron chi connectivity index (χ0n) is 9.68. The molecule has 2 aromatic rings. The zero-order chi connectivity index (χ0) is 12.1. The van der Waals surface area contributed by atoms with Crippen LogP contribution in [0.1, 0.15) is 11.3 Å². The highest BCUT2D eigenvalue weighted by atomic mass is 35.5. The first-order valence-corrected chi connectivity index (χ1v) is 5.94. The Morgan fingerprint density at radius 2 is 2.12 bits per heavy atom. The molecule has 0 saturated heterocycles. The summed E-state index contributed by atoms with van der Waals surface area (Å²) in [6.45, 7) is 0.759. The monoisotopic (exact) mass is 247 g/mol. The normalized spacial score (nSPS) is 10.2. The van der Waals surface area contributed by atoms with E-state index in [0.717, 1.165) is 23.5 Å². The molecule has 88 valence electrons. The van der Waals surface area contributed by atoms with E-state index in [2.05, 4.69) is 14.9 Å². The van der Waals surface area contributed by atoms with Crippen LogP contribution in [0.2, 0.25) is 0 Å². The number of nitrogens with zero attached hydrogens (tertiary/aromatic N) is 3. The Bertz CT molecular complexity index is 473. The minimum absolute atomic E-state index is 0.468. The van der Waals surface area contributed by atoms with E-state index in [1.807, 2.05) is 31.3 Å². The maximum atomic E-state index is 5.90. The Hall–Kier alpha value is -1.61. The number of anilines is 1. The molecule has 0 aliphatic heterocycles. The van der Waals surface area contributed by atoms with Gasteiger partial charge in [-0.25, -0.2) is 0 Å². The molecule has 0 unspecified atom stereocenters. The number of halogens is 1. The fourth-order valence-electron chi connectivity index (χ4n) is 1.71. The van der Waals surface area contributed by atoms with Crippen LogP contribution in [-0.2, 0) is 12.4 Å². The summed E-state index contributed by atoms with van der Waals surface area (Å²) in [6, 6.07) is 7.89. The van der Waals surface area contributed by atoms with E-state index >= 15 is 0 Å². The highest BCUT2D eigenvalue weighted by Gasteiger charge is 2.07. The highest BCUT2D eigenvalue weighted by molar-refractivity contribution is 6.17. The van der Waals surface area contributed by atoms with E-state index in [9.17, 15) is 0 Å². The van der Waals surface area contributed by atoms with Gasteiger partial charge in [0.05, 0.1) is 18.1 Å². The first-order chi connectivity index (χ1) is 8.31. The average molecular weight is 248 g/mol. The third-order valence-electron chi connectivity index (χ3n) is 2.56. The molecule has 3 nitrogen and oxygen atoms in total. The van der Waals surface area contributed by atoms with Gasteiger partial charge in [-0.15, -0.1) is 11.6 Å². The van der Waals surface area contributed by atoms with Crippen molar-refractivity contribution in [3.05, 3.63) is 54.1 Å². The second-order valence-electron chi connectivity index (χ2n) is 3.82. The lowest BCUT2D eigenvalue weighted by Crippen LogP contribution is -2.18. The predicted octanol–water partition coefficient (Wildman–Crippen LogP) is 2.85. The SMILES string of the molecule is CN(Cc1ccccn1)c1ccncc1CCl. The number of pyridine rings is 2. The number of rotatable bonds is 4. The molecule has 17 heavy (non-hydrogen) atoms. The van der Waals surface area contributed by atoms with Crippen LogP contribution in [0.3, 0.4) is 0 Å². The van der Waals surface area contributed by atoms with Crippen molar-refractivity contribution >= 4 is 17.3 Å². The van der Waals surface area contributed by atoms with E-state index in [1.165, 1.54) is 0 Å². The van der Waals surface area contributed by atoms with Crippen LogP contribution in [0.5, 0.6) is 0 Å². The van der Waals surface area contributed by atoms with Gasteiger partial charge in [-0.2, -0.15) is 0 Å². The van der Waals surface area contributed by atoms with Crippen molar-refractivity contribution in [3.63, 3.8) is 0 Å². The Balaban J connectivity index is 2.17. The second-order valence-corrected chi connectivity index (χ2v) is 4.08. The summed E-state index contributed by atoms with van der Waals surface area (Å²) in [7, 11) is 2.03. The molecule has 0 fully saturated rings. The van der Waals surface area contributed by atoms with E-state index in [0.29, 0.717) is 5.88 Å². The minimum atomic E-state index is 0.468. The van der Waals surface area contributed by atoms with Crippen LogP contribution in [0, 0.1) is 0 Å². The lowest BCUT2D eigenvalue weighted by molar-refractivity contribution is 0.877. The third kappa shape index (κ3) is 2.94. The van der Waals surface area contributed by atoms with Gasteiger partial charge in [0.15, 0.2) is 0 Å². The fraction of sp³-hybridized carbons (Fsp3) is 0.231. The molecule has 0 saturated carbocycles. The smallest absolute Gasteiger partial charge is 0.0598 e. The van der Waals surface area contributed by atoms with Gasteiger partial charge >= 0.3 is 0 Å². The maximum Gasteiger partial charge on any atom is 0.0598 e. The van der Waals surface area contributed by atoms with E-state index in [4.69, 9.17) is 11.6 Å². The number of alkyl halides is 1. The van der Waals surface area contributed by atoms with Crippen LogP contribution >= 0.6 is 11.6 Å². The van der Waals surface area contributed by atoms with Crippen molar-refractivity contribution in [2.75, 3.05) is 11.9 Å². The van der Waals surface area contributed by atoms with Gasteiger partial charge < -0.3 is 4.90 Å². The van der Waals surface area contributed by atoms with Crippen LogP contribution < -0.4 is 4.90 Å². The Morgan fingerprint density at radius 3 is 2.82 bits per heavy atom. The average Bonchev–Trinajstić information content (AvgIpc) is 2.40. The van der Waals surface area contributed by atoms with E-state index in [1.54, 1.807) is 18.6 Å². The molecule has 0 atom stereocenters. The summed E-state index contributed by atoms with van der Waals surface area (Å²) in [6.07, 6.45) is 5.38. The maximum absolute atomic E-state index is 5.90. The lowest BCUT2D eigenvalue weighted by Gasteiger charge is -2.21. The molecule has 0 spiro atoms. The summed E-state index contributed by atoms with van der Waals surface area (Å²) in [5, 5.41) is 0. The number of hydrogen-bond donors (Lipinski definition) is 0. The van der Waals surface area contributed by atoms with Crippen molar-refractivity contribution in [2.45, 2.75) is 12.4 Å². The van der Waals surface area contributed by atoms with E-state index in [-0.39, 0.29) is 0 Å². The first-order valence-electron chi connectivity index (χ1n) is 5.41. The summed E-state index contributed by atoms with van der Waals surface area (Å²) in [5.41, 5.74) is 3.17. The molecule has 2 rings (SSSR count). The lowest BCUT2D eigenvalue weighted by atomic mass is 10.2. The summed E-state index contributed by atoms with van der Waals surface area (Å²) in [4.78, 5) is 10.5. The van der Waals surface area contributed by atoms with Crippen LogP contribution in [0.25, 0.3) is 0 Å². The Morgan fingerprint density at radius 1 is 1.24 bits per heavy atom. The molecule has 2 heterocycles. The van der Waals surface area contributed by atoms with Gasteiger partial charge in [0, 0.05) is 36.9 Å². The van der Waals surface area contributed by atoms with Gasteiger partial charge in [-0.3, -0.25) is 9.97 Å². The molecule has 4 heteroatoms. The van der Waals surface area contributed by atoms with Crippen molar-refractivity contribution in [3.8, 4) is 0 Å². The highest BCUT2D eigenvalue weighted by Crippen LogP contribution is 2.20. The second kappa shape index (κ2) is 5.64. The minimum Gasteiger partial charge on any atom is -0.368 e. The summed E-state index contributed by atoms with van der Waals surface area (Å²) < 4.78 is 0. The topological polar surface area (TPSA) is 29.0 Å². The molecular weight excluding hydrogens is 234 g/mol. The Kier molecular flexibility index (Phi) is 3.94. The van der Waals surface area contributed by atoms with Gasteiger partial charge in [0.1, 0.15) is 0 Å². The molecule has 0 N–H and O–H groups in total. The molecule has 2 aromatic heterocycles. The molecule has 0 aromatic carbocycles. The molecule has 0 radical (unpaired) electrons.